The summed E-state index contributed by atoms with van der Waals surface area (Å²) in [4.78, 5) is 0. The van der Waals surface area contributed by atoms with Crippen molar-refractivity contribution in [2.75, 3.05) is 6.61 Å². The van der Waals surface area contributed by atoms with E-state index in [9.17, 15) is 0 Å². The molecule has 0 aromatic heterocycles. The Bertz CT molecular complexity index is 255. The quantitative estimate of drug-likeness (QED) is 0.141. The minimum atomic E-state index is -1.48. The molecule has 0 rings (SSSR count). The van der Waals surface area contributed by atoms with Crippen LogP contribution < -0.4 is 0 Å². The van der Waals surface area contributed by atoms with Gasteiger partial charge in [0.1, 0.15) is 0 Å². The molecule has 0 atom stereocenters. The van der Waals surface area contributed by atoms with Gasteiger partial charge in [-0.1, -0.05) is 124 Å². The van der Waals surface area contributed by atoms with Gasteiger partial charge in [0.05, 0.1) is 0 Å². The van der Waals surface area contributed by atoms with Crippen molar-refractivity contribution in [1.29, 1.82) is 0 Å². The molecule has 0 bridgehead atoms. The van der Waals surface area contributed by atoms with E-state index in [1.54, 1.807) is 0 Å². The second kappa shape index (κ2) is 19.9. The van der Waals surface area contributed by atoms with Crippen LogP contribution in [-0.4, -0.2) is 14.9 Å². The lowest BCUT2D eigenvalue weighted by atomic mass is 10.1. The molecule has 0 unspecified atom stereocenters. The molecule has 0 aliphatic carbocycles. The topological polar surface area (TPSA) is 9.23 Å². The zero-order chi connectivity index (χ0) is 19.3. The molecule has 0 amide bonds. The van der Waals surface area contributed by atoms with Gasteiger partial charge in [0, 0.05) is 6.61 Å². The molecule has 0 heterocycles. The zero-order valence-corrected chi connectivity index (χ0v) is 20.1. The first-order valence-corrected chi connectivity index (χ1v) is 14.9. The fraction of sp³-hybridized carbons (Fsp3) is 1.00. The van der Waals surface area contributed by atoms with Crippen LogP contribution in [0.15, 0.2) is 0 Å². The van der Waals surface area contributed by atoms with E-state index in [2.05, 4.69) is 27.7 Å². The first-order chi connectivity index (χ1) is 12.7. The van der Waals surface area contributed by atoms with Crippen molar-refractivity contribution in [1.82, 2.24) is 0 Å². The number of hydrogen-bond acceptors (Lipinski definition) is 1. The minimum absolute atomic E-state index is 0.949. The van der Waals surface area contributed by atoms with E-state index in [4.69, 9.17) is 4.43 Å². The molecule has 0 saturated heterocycles. The molecule has 0 fully saturated rings. The highest BCUT2D eigenvalue weighted by atomic mass is 28.4. The van der Waals surface area contributed by atoms with Gasteiger partial charge < -0.3 is 4.43 Å². The smallest absolute Gasteiger partial charge is 0.192 e. The van der Waals surface area contributed by atoms with Gasteiger partial charge in [-0.25, -0.2) is 0 Å². The fourth-order valence-electron chi connectivity index (χ4n) is 4.23. The SMILES string of the molecule is CCCCCCCCCC[Si](CCCCCC)(CCCCCC)OCC. The molecule has 1 nitrogen and oxygen atoms in total. The second-order valence-corrected chi connectivity index (χ2v) is 12.6. The first-order valence-electron chi connectivity index (χ1n) is 12.4. The second-order valence-electron chi connectivity index (χ2n) is 8.46. The zero-order valence-electron chi connectivity index (χ0n) is 19.1. The molecule has 0 aromatic rings. The summed E-state index contributed by atoms with van der Waals surface area (Å²) in [5, 5.41) is 0. The largest absolute Gasteiger partial charge is 0.417 e. The minimum Gasteiger partial charge on any atom is -0.417 e. The van der Waals surface area contributed by atoms with E-state index in [-0.39, 0.29) is 0 Å². The molecular weight excluding hydrogens is 332 g/mol. The molecule has 0 spiro atoms. The lowest BCUT2D eigenvalue weighted by Gasteiger charge is -2.32. The molecule has 0 N–H and O–H groups in total. The van der Waals surface area contributed by atoms with Gasteiger partial charge in [-0.2, -0.15) is 0 Å². The maximum absolute atomic E-state index is 6.59. The Hall–Kier alpha value is 0.177. The predicted molar refractivity (Wildman–Crippen MR) is 123 cm³/mol. The van der Waals surface area contributed by atoms with E-state index < -0.39 is 8.32 Å². The third-order valence-corrected chi connectivity index (χ3v) is 10.6. The van der Waals surface area contributed by atoms with E-state index in [0.29, 0.717) is 0 Å². The van der Waals surface area contributed by atoms with Crippen molar-refractivity contribution in [2.45, 2.75) is 149 Å². The fourth-order valence-corrected chi connectivity index (χ4v) is 8.71. The Morgan fingerprint density at radius 2 is 0.731 bits per heavy atom. The first kappa shape index (κ1) is 26.2. The van der Waals surface area contributed by atoms with Crippen molar-refractivity contribution in [3.63, 3.8) is 0 Å². The average Bonchev–Trinajstić information content (AvgIpc) is 2.65. The van der Waals surface area contributed by atoms with Crippen LogP contribution >= 0.6 is 0 Å². The Labute approximate surface area is 168 Å². The monoisotopic (exact) mass is 384 g/mol. The van der Waals surface area contributed by atoms with E-state index >= 15 is 0 Å². The predicted octanol–water partition coefficient (Wildman–Crippen LogP) is 9.27. The average molecular weight is 385 g/mol. The normalized spacial score (nSPS) is 12.0. The third-order valence-electron chi connectivity index (χ3n) is 5.91. The maximum atomic E-state index is 6.59. The lowest BCUT2D eigenvalue weighted by Crippen LogP contribution is -2.38. The number of hydrogen-bond donors (Lipinski definition) is 0. The van der Waals surface area contributed by atoms with Crippen molar-refractivity contribution < 1.29 is 4.43 Å². The van der Waals surface area contributed by atoms with Crippen LogP contribution in [0.5, 0.6) is 0 Å². The Morgan fingerprint density at radius 1 is 0.423 bits per heavy atom. The summed E-state index contributed by atoms with van der Waals surface area (Å²) in [6.07, 6.45) is 22.7. The van der Waals surface area contributed by atoms with Crippen molar-refractivity contribution in [3.8, 4) is 0 Å². The maximum Gasteiger partial charge on any atom is 0.192 e. The van der Waals surface area contributed by atoms with Gasteiger partial charge in [-0.3, -0.25) is 0 Å². The van der Waals surface area contributed by atoms with Crippen LogP contribution in [0.3, 0.4) is 0 Å². The standard InChI is InChI=1S/C24H52OSi/c1-5-9-12-15-16-17-18-21-24-26(25-8-4,22-19-13-10-6-2)23-20-14-11-7-3/h5-24H2,1-4H3. The Morgan fingerprint density at radius 3 is 1.08 bits per heavy atom. The van der Waals surface area contributed by atoms with Gasteiger partial charge in [-0.05, 0) is 25.1 Å². The molecule has 2 heteroatoms. The molecule has 0 saturated carbocycles. The van der Waals surface area contributed by atoms with E-state index in [1.165, 1.54) is 121 Å². The van der Waals surface area contributed by atoms with E-state index in [0.717, 1.165) is 6.61 Å². The number of unbranched alkanes of at least 4 members (excludes halogenated alkanes) is 13. The molecule has 0 radical (unpaired) electrons. The van der Waals surface area contributed by atoms with E-state index in [1.807, 2.05) is 0 Å². The summed E-state index contributed by atoms with van der Waals surface area (Å²) in [6, 6.07) is 4.31. The van der Waals surface area contributed by atoms with Crippen LogP contribution in [0.4, 0.5) is 0 Å². The van der Waals surface area contributed by atoms with Crippen LogP contribution in [0.25, 0.3) is 0 Å². The van der Waals surface area contributed by atoms with Gasteiger partial charge >= 0.3 is 0 Å². The molecule has 0 aliphatic rings. The molecule has 0 aromatic carbocycles. The Kier molecular flexibility index (Phi) is 20.1. The summed E-state index contributed by atoms with van der Waals surface area (Å²) < 4.78 is 6.59. The number of rotatable bonds is 21. The lowest BCUT2D eigenvalue weighted by molar-refractivity contribution is 0.313. The molecular formula is C24H52OSi. The third kappa shape index (κ3) is 15.3. The summed E-state index contributed by atoms with van der Waals surface area (Å²) >= 11 is 0. The van der Waals surface area contributed by atoms with Crippen molar-refractivity contribution in [3.05, 3.63) is 0 Å². The highest BCUT2D eigenvalue weighted by molar-refractivity contribution is 6.73. The van der Waals surface area contributed by atoms with Crippen LogP contribution in [0, 0.1) is 0 Å². The van der Waals surface area contributed by atoms with Crippen LogP contribution in [0.2, 0.25) is 18.1 Å². The summed E-state index contributed by atoms with van der Waals surface area (Å²) in [7, 11) is -1.48. The van der Waals surface area contributed by atoms with Gasteiger partial charge in [0.2, 0.25) is 0 Å². The highest BCUT2D eigenvalue weighted by Gasteiger charge is 2.32. The molecule has 0 aliphatic heterocycles. The van der Waals surface area contributed by atoms with Gasteiger partial charge in [0.25, 0.3) is 0 Å². The van der Waals surface area contributed by atoms with Crippen LogP contribution in [-0.2, 0) is 4.43 Å². The summed E-state index contributed by atoms with van der Waals surface area (Å²) in [6.45, 7) is 10.1. The molecule has 26 heavy (non-hydrogen) atoms. The van der Waals surface area contributed by atoms with Gasteiger partial charge in [0.15, 0.2) is 8.32 Å². The highest BCUT2D eigenvalue weighted by Crippen LogP contribution is 2.31. The molecule has 158 valence electrons. The Balaban J connectivity index is 4.27. The summed E-state index contributed by atoms with van der Waals surface area (Å²) in [5.74, 6) is 0. The summed E-state index contributed by atoms with van der Waals surface area (Å²) in [5.41, 5.74) is 0. The van der Waals surface area contributed by atoms with Crippen LogP contribution in [0.1, 0.15) is 130 Å². The van der Waals surface area contributed by atoms with Crippen molar-refractivity contribution >= 4 is 8.32 Å². The van der Waals surface area contributed by atoms with Gasteiger partial charge in [-0.15, -0.1) is 0 Å². The van der Waals surface area contributed by atoms with Crippen molar-refractivity contribution in [2.24, 2.45) is 0 Å².